The van der Waals surface area contributed by atoms with Crippen LogP contribution in [-0.4, -0.2) is 14.4 Å². The summed E-state index contributed by atoms with van der Waals surface area (Å²) >= 11 is 1.86. The molecule has 0 bridgehead atoms. The minimum absolute atomic E-state index is 0.925. The molecule has 3 aromatic carbocycles. The maximum atomic E-state index is 4.96. The fourth-order valence-electron chi connectivity index (χ4n) is 4.43. The molecule has 7 aromatic rings. The summed E-state index contributed by atoms with van der Waals surface area (Å²) in [5, 5.41) is 4.99. The number of thiophene rings is 1. The predicted octanol–water partition coefficient (Wildman–Crippen LogP) is 6.56. The predicted molar refractivity (Wildman–Crippen MR) is 118 cm³/mol. The largest absolute Gasteiger partial charge is 0.289 e. The molecule has 0 fully saturated rings. The van der Waals surface area contributed by atoms with Gasteiger partial charge in [0.25, 0.3) is 0 Å². The third-order valence-corrected chi connectivity index (χ3v) is 6.81. The highest BCUT2D eigenvalue weighted by molar-refractivity contribution is 7.26. The topological polar surface area (TPSA) is 30.2 Å². The first-order chi connectivity index (χ1) is 13.9. The fourth-order valence-corrected chi connectivity index (χ4v) is 5.67. The smallest absolute Gasteiger partial charge is 0.165 e. The maximum Gasteiger partial charge on any atom is 0.165 e. The second-order valence-electron chi connectivity index (χ2n) is 7.10. The first-order valence-corrected chi connectivity index (χ1v) is 10.1. The number of fused-ring (bicyclic) bond motifs is 12. The summed E-state index contributed by atoms with van der Waals surface area (Å²) < 4.78 is 4.92. The summed E-state index contributed by atoms with van der Waals surface area (Å²) in [5.41, 5.74) is 5.23. The Hall–Kier alpha value is -3.50. The number of benzene rings is 3. The number of hydrogen-bond acceptors (Lipinski definition) is 3. The Morgan fingerprint density at radius 2 is 1.54 bits per heavy atom. The first-order valence-electron chi connectivity index (χ1n) is 9.28. The van der Waals surface area contributed by atoms with Gasteiger partial charge in [0.2, 0.25) is 0 Å². The molecule has 0 saturated heterocycles. The standard InChI is InChI=1S/C24H13N3S/c1-4-10-20-14(6-1)17-12-11-16-15-7-5-13-25-21(15)24-26-18-8-2-3-9-19(18)27(24)22(16)23(17)28-20/h1-13H. The van der Waals surface area contributed by atoms with Crippen molar-refractivity contribution in [3.05, 3.63) is 79.0 Å². The molecule has 0 radical (unpaired) electrons. The lowest BCUT2D eigenvalue weighted by Gasteiger charge is -2.09. The van der Waals surface area contributed by atoms with E-state index in [4.69, 9.17) is 9.97 Å². The summed E-state index contributed by atoms with van der Waals surface area (Å²) in [6.45, 7) is 0. The Kier molecular flexibility index (Phi) is 2.63. The van der Waals surface area contributed by atoms with Gasteiger partial charge in [0.15, 0.2) is 5.65 Å². The van der Waals surface area contributed by atoms with Crippen molar-refractivity contribution in [2.45, 2.75) is 0 Å². The Bertz CT molecular complexity index is 1720. The van der Waals surface area contributed by atoms with E-state index in [9.17, 15) is 0 Å². The maximum absolute atomic E-state index is 4.96. The zero-order valence-corrected chi connectivity index (χ0v) is 15.6. The Morgan fingerprint density at radius 3 is 2.54 bits per heavy atom. The van der Waals surface area contributed by atoms with Gasteiger partial charge < -0.3 is 0 Å². The molecule has 4 heteroatoms. The molecular formula is C24H13N3S. The normalized spacial score (nSPS) is 12.3. The molecule has 0 spiro atoms. The molecule has 0 unspecified atom stereocenters. The lowest BCUT2D eigenvalue weighted by atomic mass is 10.1. The van der Waals surface area contributed by atoms with Crippen molar-refractivity contribution in [1.29, 1.82) is 0 Å². The Morgan fingerprint density at radius 1 is 0.714 bits per heavy atom. The van der Waals surface area contributed by atoms with Gasteiger partial charge in [-0.25, -0.2) is 4.98 Å². The van der Waals surface area contributed by atoms with Gasteiger partial charge in [-0.15, -0.1) is 11.3 Å². The van der Waals surface area contributed by atoms with E-state index >= 15 is 0 Å². The van der Waals surface area contributed by atoms with Crippen LogP contribution in [0.4, 0.5) is 0 Å². The molecule has 4 aromatic heterocycles. The highest BCUT2D eigenvalue weighted by atomic mass is 32.1. The minimum Gasteiger partial charge on any atom is -0.289 e. The third-order valence-electron chi connectivity index (χ3n) is 5.61. The van der Waals surface area contributed by atoms with Crippen LogP contribution < -0.4 is 0 Å². The van der Waals surface area contributed by atoms with Crippen LogP contribution in [0.5, 0.6) is 0 Å². The van der Waals surface area contributed by atoms with Gasteiger partial charge in [0, 0.05) is 32.4 Å². The van der Waals surface area contributed by atoms with Crippen LogP contribution in [0.2, 0.25) is 0 Å². The molecule has 0 amide bonds. The average molecular weight is 375 g/mol. The van der Waals surface area contributed by atoms with Crippen molar-refractivity contribution in [3.8, 4) is 0 Å². The van der Waals surface area contributed by atoms with Gasteiger partial charge in [0.1, 0.15) is 5.52 Å². The molecule has 0 aliphatic rings. The van der Waals surface area contributed by atoms with Crippen LogP contribution in [0.1, 0.15) is 0 Å². The van der Waals surface area contributed by atoms with Crippen molar-refractivity contribution in [2.24, 2.45) is 0 Å². The monoisotopic (exact) mass is 375 g/mol. The summed E-state index contributed by atoms with van der Waals surface area (Å²) in [6, 6.07) is 25.7. The van der Waals surface area contributed by atoms with Gasteiger partial charge in [-0.05, 0) is 24.3 Å². The highest BCUT2D eigenvalue weighted by Crippen LogP contribution is 2.41. The van der Waals surface area contributed by atoms with E-state index in [1.807, 2.05) is 29.7 Å². The lowest BCUT2D eigenvalue weighted by molar-refractivity contribution is 1.30. The molecule has 130 valence electrons. The third kappa shape index (κ3) is 1.69. The van der Waals surface area contributed by atoms with Crippen molar-refractivity contribution in [3.63, 3.8) is 0 Å². The first kappa shape index (κ1) is 14.5. The Labute approximate surface area is 163 Å². The van der Waals surface area contributed by atoms with Gasteiger partial charge in [-0.3, -0.25) is 9.38 Å². The van der Waals surface area contributed by atoms with Crippen LogP contribution in [0.25, 0.3) is 58.7 Å². The van der Waals surface area contributed by atoms with Gasteiger partial charge in [-0.2, -0.15) is 0 Å². The van der Waals surface area contributed by atoms with E-state index < -0.39 is 0 Å². The molecule has 28 heavy (non-hydrogen) atoms. The molecule has 7 rings (SSSR count). The number of rotatable bonds is 0. The number of para-hydroxylation sites is 2. The molecule has 4 heterocycles. The Balaban J connectivity index is 1.91. The van der Waals surface area contributed by atoms with Crippen molar-refractivity contribution < 1.29 is 0 Å². The molecule has 0 aliphatic carbocycles. The van der Waals surface area contributed by atoms with Gasteiger partial charge >= 0.3 is 0 Å². The molecule has 0 atom stereocenters. The zero-order valence-electron chi connectivity index (χ0n) is 14.8. The highest BCUT2D eigenvalue weighted by Gasteiger charge is 2.17. The molecular weight excluding hydrogens is 362 g/mol. The summed E-state index contributed by atoms with van der Waals surface area (Å²) in [5.74, 6) is 0. The van der Waals surface area contributed by atoms with E-state index in [2.05, 4.69) is 65.1 Å². The van der Waals surface area contributed by atoms with Crippen LogP contribution in [0.3, 0.4) is 0 Å². The number of hydrogen-bond donors (Lipinski definition) is 0. The van der Waals surface area contributed by atoms with E-state index in [-0.39, 0.29) is 0 Å². The molecule has 3 nitrogen and oxygen atoms in total. The van der Waals surface area contributed by atoms with E-state index in [1.54, 1.807) is 0 Å². The summed E-state index contributed by atoms with van der Waals surface area (Å²) in [6.07, 6.45) is 1.85. The molecule has 0 saturated carbocycles. The van der Waals surface area contributed by atoms with Crippen molar-refractivity contribution >= 4 is 70.0 Å². The fraction of sp³-hybridized carbons (Fsp3) is 0. The van der Waals surface area contributed by atoms with E-state index in [0.717, 1.165) is 27.6 Å². The lowest BCUT2D eigenvalue weighted by Crippen LogP contribution is -1.93. The van der Waals surface area contributed by atoms with Crippen LogP contribution in [0, 0.1) is 0 Å². The minimum atomic E-state index is 0.925. The summed E-state index contributed by atoms with van der Waals surface area (Å²) in [4.78, 5) is 9.66. The van der Waals surface area contributed by atoms with Gasteiger partial charge in [0.05, 0.1) is 21.3 Å². The SMILES string of the molecule is c1ccc2c(c1)nc1c3ncccc3c3ccc4c5ccccc5sc4c3n21. The number of nitrogens with zero attached hydrogens (tertiary/aromatic N) is 3. The summed E-state index contributed by atoms with van der Waals surface area (Å²) in [7, 11) is 0. The van der Waals surface area contributed by atoms with Crippen LogP contribution in [0.15, 0.2) is 79.0 Å². The molecule has 0 N–H and O–H groups in total. The van der Waals surface area contributed by atoms with Crippen LogP contribution >= 0.6 is 11.3 Å². The number of aromatic nitrogens is 3. The van der Waals surface area contributed by atoms with E-state index in [1.165, 1.54) is 31.1 Å². The van der Waals surface area contributed by atoms with E-state index in [0.29, 0.717) is 0 Å². The van der Waals surface area contributed by atoms with Gasteiger partial charge in [-0.1, -0.05) is 48.5 Å². The quantitative estimate of drug-likeness (QED) is 0.281. The number of imidazole rings is 1. The average Bonchev–Trinajstić information content (AvgIpc) is 3.32. The molecule has 0 aliphatic heterocycles. The second-order valence-corrected chi connectivity index (χ2v) is 8.15. The zero-order chi connectivity index (χ0) is 18.2. The second kappa shape index (κ2) is 5.06. The number of pyridine rings is 2. The van der Waals surface area contributed by atoms with Crippen molar-refractivity contribution in [2.75, 3.05) is 0 Å². The van der Waals surface area contributed by atoms with Crippen molar-refractivity contribution in [1.82, 2.24) is 14.4 Å². The van der Waals surface area contributed by atoms with Crippen LogP contribution in [-0.2, 0) is 0 Å².